The Bertz CT molecular complexity index is 1210. The van der Waals surface area contributed by atoms with Crippen molar-refractivity contribution in [1.82, 2.24) is 24.8 Å². The summed E-state index contributed by atoms with van der Waals surface area (Å²) < 4.78 is 25.7. The quantitative estimate of drug-likeness (QED) is 0.525. The molecule has 4 aromatic rings. The van der Waals surface area contributed by atoms with E-state index in [1.807, 2.05) is 0 Å². The molecular formula is C19H14FN5O3. The molecule has 0 atom stereocenters. The highest BCUT2D eigenvalue weighted by molar-refractivity contribution is 5.53. The molecule has 28 heavy (non-hydrogen) atoms. The number of aromatic nitrogens is 5. The minimum atomic E-state index is -0.459. The summed E-state index contributed by atoms with van der Waals surface area (Å²) in [6.07, 6.45) is 3.68. The molecule has 1 aliphatic rings. The Balaban J connectivity index is 1.43. The Labute approximate surface area is 157 Å². The monoisotopic (exact) mass is 379 g/mol. The number of hydrogen-bond acceptors (Lipinski definition) is 7. The van der Waals surface area contributed by atoms with Crippen LogP contribution < -0.4 is 5.56 Å². The zero-order chi connectivity index (χ0) is 19.1. The van der Waals surface area contributed by atoms with Crippen LogP contribution in [0, 0.1) is 5.82 Å². The smallest absolute Gasteiger partial charge is 0.263 e. The second kappa shape index (κ2) is 6.52. The van der Waals surface area contributed by atoms with Crippen LogP contribution in [0.5, 0.6) is 0 Å². The molecule has 0 N–H and O–H groups in total. The second-order valence-electron chi connectivity index (χ2n) is 6.58. The predicted octanol–water partition coefficient (Wildman–Crippen LogP) is 3.01. The van der Waals surface area contributed by atoms with E-state index in [9.17, 15) is 9.18 Å². The van der Waals surface area contributed by atoms with E-state index < -0.39 is 5.82 Å². The summed E-state index contributed by atoms with van der Waals surface area (Å²) in [7, 11) is 0. The van der Waals surface area contributed by atoms with Crippen molar-refractivity contribution in [1.29, 1.82) is 0 Å². The fraction of sp³-hybridized carbons (Fsp3) is 0.211. The van der Waals surface area contributed by atoms with E-state index in [0.717, 1.165) is 12.8 Å². The molecule has 8 nitrogen and oxygen atoms in total. The van der Waals surface area contributed by atoms with Gasteiger partial charge in [-0.05, 0) is 37.1 Å². The van der Waals surface area contributed by atoms with Crippen LogP contribution in [0.15, 0.2) is 56.4 Å². The van der Waals surface area contributed by atoms with Gasteiger partial charge in [-0.2, -0.15) is 9.97 Å². The molecule has 0 unspecified atom stereocenters. The molecule has 3 aromatic heterocycles. The molecule has 1 aliphatic carbocycles. The molecule has 0 amide bonds. The first-order valence-corrected chi connectivity index (χ1v) is 8.80. The summed E-state index contributed by atoms with van der Waals surface area (Å²) in [6, 6.07) is 9.45. The normalized spacial score (nSPS) is 13.8. The van der Waals surface area contributed by atoms with Gasteiger partial charge in [0.2, 0.25) is 0 Å². The molecule has 0 spiro atoms. The minimum absolute atomic E-state index is 0.0586. The SMILES string of the molecule is O=c1c(-c2nc(C3CC3)no2)cccn1Cc1noc(-c2ccccc2F)n1. The largest absolute Gasteiger partial charge is 0.334 e. The lowest BCUT2D eigenvalue weighted by Gasteiger charge is -2.03. The van der Waals surface area contributed by atoms with Crippen LogP contribution in [0.25, 0.3) is 22.9 Å². The molecule has 3 heterocycles. The molecule has 1 fully saturated rings. The molecule has 0 saturated heterocycles. The van der Waals surface area contributed by atoms with Crippen molar-refractivity contribution in [3.8, 4) is 22.9 Å². The number of rotatable bonds is 5. The van der Waals surface area contributed by atoms with E-state index in [1.165, 1.54) is 10.6 Å². The lowest BCUT2D eigenvalue weighted by molar-refractivity contribution is 0.417. The van der Waals surface area contributed by atoms with Gasteiger partial charge in [0.25, 0.3) is 17.3 Å². The molecule has 1 saturated carbocycles. The molecule has 9 heteroatoms. The molecule has 0 radical (unpaired) electrons. The van der Waals surface area contributed by atoms with Crippen LogP contribution >= 0.6 is 0 Å². The number of hydrogen-bond donors (Lipinski definition) is 0. The topological polar surface area (TPSA) is 99.8 Å². The second-order valence-corrected chi connectivity index (χ2v) is 6.58. The highest BCUT2D eigenvalue weighted by Crippen LogP contribution is 2.38. The molecule has 0 bridgehead atoms. The van der Waals surface area contributed by atoms with E-state index in [4.69, 9.17) is 9.05 Å². The number of pyridine rings is 1. The van der Waals surface area contributed by atoms with E-state index >= 15 is 0 Å². The average molecular weight is 379 g/mol. The number of halogens is 1. The summed E-state index contributed by atoms with van der Waals surface area (Å²) in [4.78, 5) is 21.3. The highest BCUT2D eigenvalue weighted by atomic mass is 19.1. The Morgan fingerprint density at radius 1 is 1.00 bits per heavy atom. The predicted molar refractivity (Wildman–Crippen MR) is 94.8 cm³/mol. The van der Waals surface area contributed by atoms with Gasteiger partial charge in [0.1, 0.15) is 11.4 Å². The molecule has 1 aromatic carbocycles. The van der Waals surface area contributed by atoms with Crippen LogP contribution in [-0.4, -0.2) is 24.8 Å². The lowest BCUT2D eigenvalue weighted by Crippen LogP contribution is -2.22. The van der Waals surface area contributed by atoms with E-state index in [0.29, 0.717) is 17.3 Å². The number of nitrogens with zero attached hydrogens (tertiary/aromatic N) is 5. The fourth-order valence-electron chi connectivity index (χ4n) is 2.89. The standard InChI is InChI=1S/C19H14FN5O3/c20-14-6-2-1-4-12(14)17-21-15(23-27-17)10-25-9-3-5-13(19(25)26)18-22-16(24-28-18)11-7-8-11/h1-6,9,11H,7-8,10H2. The molecule has 5 rings (SSSR count). The van der Waals surface area contributed by atoms with Crippen LogP contribution in [0.4, 0.5) is 4.39 Å². The van der Waals surface area contributed by atoms with Gasteiger partial charge in [0, 0.05) is 12.1 Å². The maximum absolute atomic E-state index is 13.9. The van der Waals surface area contributed by atoms with Gasteiger partial charge < -0.3 is 13.6 Å². The minimum Gasteiger partial charge on any atom is -0.334 e. The third kappa shape index (κ3) is 3.00. The first-order valence-electron chi connectivity index (χ1n) is 8.80. The first-order chi connectivity index (χ1) is 13.7. The summed E-state index contributed by atoms with van der Waals surface area (Å²) in [6.45, 7) is 0.0637. The Morgan fingerprint density at radius 2 is 1.75 bits per heavy atom. The maximum atomic E-state index is 13.9. The van der Waals surface area contributed by atoms with E-state index in [-0.39, 0.29) is 35.3 Å². The van der Waals surface area contributed by atoms with Gasteiger partial charge >= 0.3 is 0 Å². The Morgan fingerprint density at radius 3 is 2.57 bits per heavy atom. The van der Waals surface area contributed by atoms with Crippen LogP contribution in [0.2, 0.25) is 0 Å². The fourth-order valence-corrected chi connectivity index (χ4v) is 2.89. The highest BCUT2D eigenvalue weighted by Gasteiger charge is 2.29. The maximum Gasteiger partial charge on any atom is 0.263 e. The van der Waals surface area contributed by atoms with Gasteiger partial charge in [0.15, 0.2) is 11.6 Å². The van der Waals surface area contributed by atoms with Crippen LogP contribution in [-0.2, 0) is 6.54 Å². The van der Waals surface area contributed by atoms with Crippen LogP contribution in [0.3, 0.4) is 0 Å². The Kier molecular flexibility index (Phi) is 3.85. The molecule has 140 valence electrons. The first kappa shape index (κ1) is 16.5. The van der Waals surface area contributed by atoms with Crippen molar-refractivity contribution < 1.29 is 13.4 Å². The average Bonchev–Trinajstić information content (AvgIpc) is 3.25. The van der Waals surface area contributed by atoms with Crippen LogP contribution in [0.1, 0.15) is 30.4 Å². The molecule has 0 aliphatic heterocycles. The van der Waals surface area contributed by atoms with Crippen molar-refractivity contribution in [2.24, 2.45) is 0 Å². The van der Waals surface area contributed by atoms with Crippen molar-refractivity contribution >= 4 is 0 Å². The van der Waals surface area contributed by atoms with Gasteiger partial charge in [-0.15, -0.1) is 0 Å². The van der Waals surface area contributed by atoms with Gasteiger partial charge in [0.05, 0.1) is 12.1 Å². The van der Waals surface area contributed by atoms with Crippen molar-refractivity contribution in [2.75, 3.05) is 0 Å². The third-order valence-corrected chi connectivity index (χ3v) is 4.52. The summed E-state index contributed by atoms with van der Waals surface area (Å²) in [5.74, 6) is 1.02. The molecular weight excluding hydrogens is 365 g/mol. The summed E-state index contributed by atoms with van der Waals surface area (Å²) in [5, 5.41) is 7.79. The third-order valence-electron chi connectivity index (χ3n) is 4.52. The lowest BCUT2D eigenvalue weighted by atomic mass is 10.2. The summed E-state index contributed by atoms with van der Waals surface area (Å²) >= 11 is 0. The van der Waals surface area contributed by atoms with Gasteiger partial charge in [-0.25, -0.2) is 4.39 Å². The van der Waals surface area contributed by atoms with Crippen molar-refractivity contribution in [3.05, 3.63) is 70.4 Å². The van der Waals surface area contributed by atoms with Crippen molar-refractivity contribution in [3.63, 3.8) is 0 Å². The number of benzene rings is 1. The van der Waals surface area contributed by atoms with Crippen molar-refractivity contribution in [2.45, 2.75) is 25.3 Å². The van der Waals surface area contributed by atoms with Gasteiger partial charge in [-0.3, -0.25) is 4.79 Å². The van der Waals surface area contributed by atoms with E-state index in [1.54, 1.807) is 36.5 Å². The van der Waals surface area contributed by atoms with Gasteiger partial charge in [-0.1, -0.05) is 22.4 Å². The Hall–Kier alpha value is -3.62. The van der Waals surface area contributed by atoms with E-state index in [2.05, 4.69) is 20.3 Å². The zero-order valence-corrected chi connectivity index (χ0v) is 14.6. The zero-order valence-electron chi connectivity index (χ0n) is 14.6. The summed E-state index contributed by atoms with van der Waals surface area (Å²) in [5.41, 5.74) is 0.200.